The SMILES string of the molecule is O=C(COc1ccccc1)N[C@H]1CCCC[C@@H]1NC(=O)COc1ccccc1. The Morgan fingerprint density at radius 3 is 1.50 bits per heavy atom. The molecule has 1 aliphatic carbocycles. The van der Waals surface area contributed by atoms with Crippen molar-refractivity contribution < 1.29 is 19.1 Å². The van der Waals surface area contributed by atoms with Gasteiger partial charge in [-0.3, -0.25) is 9.59 Å². The van der Waals surface area contributed by atoms with E-state index in [1.54, 1.807) is 0 Å². The summed E-state index contributed by atoms with van der Waals surface area (Å²) in [5, 5.41) is 6.00. The molecular formula is C22H26N2O4. The highest BCUT2D eigenvalue weighted by molar-refractivity contribution is 5.79. The summed E-state index contributed by atoms with van der Waals surface area (Å²) in [6.07, 6.45) is 3.72. The Balaban J connectivity index is 1.45. The summed E-state index contributed by atoms with van der Waals surface area (Å²) in [7, 11) is 0. The summed E-state index contributed by atoms with van der Waals surface area (Å²) in [5.74, 6) is 0.944. The van der Waals surface area contributed by atoms with Crippen LogP contribution in [0.4, 0.5) is 0 Å². The van der Waals surface area contributed by atoms with E-state index >= 15 is 0 Å². The van der Waals surface area contributed by atoms with Gasteiger partial charge in [0, 0.05) is 12.1 Å². The van der Waals surface area contributed by atoms with E-state index in [4.69, 9.17) is 9.47 Å². The van der Waals surface area contributed by atoms with Crippen LogP contribution in [-0.4, -0.2) is 37.1 Å². The fourth-order valence-corrected chi connectivity index (χ4v) is 3.30. The van der Waals surface area contributed by atoms with Crippen molar-refractivity contribution in [3.63, 3.8) is 0 Å². The van der Waals surface area contributed by atoms with Gasteiger partial charge in [-0.05, 0) is 37.1 Å². The smallest absolute Gasteiger partial charge is 0.258 e. The lowest BCUT2D eigenvalue weighted by Crippen LogP contribution is -2.54. The Morgan fingerprint density at radius 2 is 1.11 bits per heavy atom. The van der Waals surface area contributed by atoms with E-state index < -0.39 is 0 Å². The van der Waals surface area contributed by atoms with Gasteiger partial charge in [-0.1, -0.05) is 49.2 Å². The van der Waals surface area contributed by atoms with Crippen LogP contribution in [-0.2, 0) is 9.59 Å². The van der Waals surface area contributed by atoms with Crippen molar-refractivity contribution in [3.8, 4) is 11.5 Å². The van der Waals surface area contributed by atoms with Gasteiger partial charge in [-0.2, -0.15) is 0 Å². The van der Waals surface area contributed by atoms with Gasteiger partial charge in [0.25, 0.3) is 11.8 Å². The van der Waals surface area contributed by atoms with E-state index in [0.29, 0.717) is 11.5 Å². The second-order valence-electron chi connectivity index (χ2n) is 6.84. The first-order valence-electron chi connectivity index (χ1n) is 9.65. The van der Waals surface area contributed by atoms with Crippen LogP contribution in [0.1, 0.15) is 25.7 Å². The number of hydrogen-bond donors (Lipinski definition) is 2. The largest absolute Gasteiger partial charge is 0.484 e. The minimum absolute atomic E-state index is 0.0434. The van der Waals surface area contributed by atoms with Crippen LogP contribution in [0.15, 0.2) is 60.7 Å². The number of benzene rings is 2. The Labute approximate surface area is 165 Å². The number of carbonyl (C=O) groups is 2. The fraction of sp³-hybridized carbons (Fsp3) is 0.364. The van der Waals surface area contributed by atoms with Crippen molar-refractivity contribution in [1.29, 1.82) is 0 Å². The molecule has 2 atom stereocenters. The van der Waals surface area contributed by atoms with E-state index in [0.717, 1.165) is 25.7 Å². The highest BCUT2D eigenvalue weighted by atomic mass is 16.5. The zero-order valence-electron chi connectivity index (χ0n) is 15.8. The maximum atomic E-state index is 12.3. The number of carbonyl (C=O) groups excluding carboxylic acids is 2. The highest BCUT2D eigenvalue weighted by Gasteiger charge is 2.28. The molecule has 1 aliphatic rings. The molecule has 2 aromatic carbocycles. The van der Waals surface area contributed by atoms with E-state index in [-0.39, 0.29) is 37.1 Å². The van der Waals surface area contributed by atoms with Gasteiger partial charge in [0.1, 0.15) is 11.5 Å². The van der Waals surface area contributed by atoms with Gasteiger partial charge in [0.05, 0.1) is 0 Å². The summed E-state index contributed by atoms with van der Waals surface area (Å²) in [4.78, 5) is 24.5. The number of rotatable bonds is 8. The second-order valence-corrected chi connectivity index (χ2v) is 6.84. The highest BCUT2D eigenvalue weighted by Crippen LogP contribution is 2.19. The van der Waals surface area contributed by atoms with Crippen LogP contribution >= 0.6 is 0 Å². The number of nitrogens with one attached hydrogen (secondary N) is 2. The summed E-state index contributed by atoms with van der Waals surface area (Å²) in [6.45, 7) is -0.0867. The first-order chi connectivity index (χ1) is 13.7. The Bertz CT molecular complexity index is 686. The van der Waals surface area contributed by atoms with Crippen LogP contribution in [0.25, 0.3) is 0 Å². The average molecular weight is 382 g/mol. The predicted octanol–water partition coefficient (Wildman–Crippen LogP) is 2.69. The molecule has 2 aromatic rings. The normalized spacial score (nSPS) is 18.7. The van der Waals surface area contributed by atoms with Gasteiger partial charge in [0.15, 0.2) is 13.2 Å². The maximum absolute atomic E-state index is 12.3. The van der Waals surface area contributed by atoms with Gasteiger partial charge in [-0.25, -0.2) is 0 Å². The second kappa shape index (κ2) is 10.3. The average Bonchev–Trinajstić information content (AvgIpc) is 2.74. The third-order valence-corrected chi connectivity index (χ3v) is 4.68. The standard InChI is InChI=1S/C22H26N2O4/c25-21(15-27-17-9-3-1-4-10-17)23-19-13-7-8-14-20(19)24-22(26)16-28-18-11-5-2-6-12-18/h1-6,9-12,19-20H,7-8,13-16H2,(H,23,25)(H,24,26)/t19-,20-/m0/s1. The van der Waals surface area contributed by atoms with Crippen molar-refractivity contribution >= 4 is 11.8 Å². The molecule has 2 amide bonds. The molecule has 2 N–H and O–H groups in total. The van der Waals surface area contributed by atoms with Crippen LogP contribution < -0.4 is 20.1 Å². The van der Waals surface area contributed by atoms with E-state index in [2.05, 4.69) is 10.6 Å². The van der Waals surface area contributed by atoms with Crippen molar-refractivity contribution in [2.45, 2.75) is 37.8 Å². The molecule has 0 bridgehead atoms. The van der Waals surface area contributed by atoms with Gasteiger partial charge in [0.2, 0.25) is 0 Å². The van der Waals surface area contributed by atoms with Crippen molar-refractivity contribution in [3.05, 3.63) is 60.7 Å². The Hall–Kier alpha value is -3.02. The molecule has 3 rings (SSSR count). The van der Waals surface area contributed by atoms with Crippen molar-refractivity contribution in [2.24, 2.45) is 0 Å². The monoisotopic (exact) mass is 382 g/mol. The number of hydrogen-bond acceptors (Lipinski definition) is 4. The summed E-state index contributed by atoms with van der Waals surface area (Å²) >= 11 is 0. The Kier molecular flexibility index (Phi) is 7.29. The molecule has 1 fully saturated rings. The molecule has 6 heteroatoms. The number of amides is 2. The lowest BCUT2D eigenvalue weighted by molar-refractivity contribution is -0.127. The molecule has 0 radical (unpaired) electrons. The van der Waals surface area contributed by atoms with Gasteiger partial charge >= 0.3 is 0 Å². The predicted molar refractivity (Wildman–Crippen MR) is 106 cm³/mol. The summed E-state index contributed by atoms with van der Waals surface area (Å²) < 4.78 is 11.0. The molecule has 0 spiro atoms. The first kappa shape index (κ1) is 19.7. The molecule has 0 heterocycles. The van der Waals surface area contributed by atoms with Crippen LogP contribution in [0.5, 0.6) is 11.5 Å². The minimum atomic E-state index is -0.185. The molecule has 148 valence electrons. The zero-order chi connectivity index (χ0) is 19.6. The molecule has 0 aliphatic heterocycles. The van der Waals surface area contributed by atoms with Gasteiger partial charge < -0.3 is 20.1 Å². The van der Waals surface area contributed by atoms with E-state index in [1.165, 1.54) is 0 Å². The summed E-state index contributed by atoms with van der Waals surface area (Å²) in [6, 6.07) is 18.3. The molecule has 1 saturated carbocycles. The lowest BCUT2D eigenvalue weighted by atomic mass is 9.90. The summed E-state index contributed by atoms with van der Waals surface area (Å²) in [5.41, 5.74) is 0. The topological polar surface area (TPSA) is 76.7 Å². The zero-order valence-corrected chi connectivity index (χ0v) is 15.8. The van der Waals surface area contributed by atoms with Gasteiger partial charge in [-0.15, -0.1) is 0 Å². The van der Waals surface area contributed by atoms with Crippen molar-refractivity contribution in [2.75, 3.05) is 13.2 Å². The fourth-order valence-electron chi connectivity index (χ4n) is 3.30. The quantitative estimate of drug-likeness (QED) is 0.736. The molecule has 0 unspecified atom stereocenters. The maximum Gasteiger partial charge on any atom is 0.258 e. The molecular weight excluding hydrogens is 356 g/mol. The molecule has 0 saturated heterocycles. The molecule has 6 nitrogen and oxygen atoms in total. The van der Waals surface area contributed by atoms with Crippen LogP contribution in [0.3, 0.4) is 0 Å². The lowest BCUT2D eigenvalue weighted by Gasteiger charge is -2.32. The molecule has 28 heavy (non-hydrogen) atoms. The van der Waals surface area contributed by atoms with Crippen molar-refractivity contribution in [1.82, 2.24) is 10.6 Å². The third kappa shape index (κ3) is 6.30. The third-order valence-electron chi connectivity index (χ3n) is 4.68. The number of para-hydroxylation sites is 2. The minimum Gasteiger partial charge on any atom is -0.484 e. The van der Waals surface area contributed by atoms with Crippen LogP contribution in [0.2, 0.25) is 0 Å². The Morgan fingerprint density at radius 1 is 0.714 bits per heavy atom. The van der Waals surface area contributed by atoms with E-state index in [1.807, 2.05) is 60.7 Å². The van der Waals surface area contributed by atoms with Crippen LogP contribution in [0, 0.1) is 0 Å². The van der Waals surface area contributed by atoms with E-state index in [9.17, 15) is 9.59 Å². The molecule has 0 aromatic heterocycles. The first-order valence-corrected chi connectivity index (χ1v) is 9.65. The number of ether oxygens (including phenoxy) is 2.